The number of aromatic nitrogens is 1. The van der Waals surface area contributed by atoms with E-state index in [2.05, 4.69) is 9.71 Å². The average Bonchev–Trinajstić information content (AvgIpc) is 2.99. The minimum atomic E-state index is -3.67. The Labute approximate surface area is 122 Å². The van der Waals surface area contributed by atoms with Gasteiger partial charge in [0.1, 0.15) is 22.7 Å². The Morgan fingerprint density at radius 3 is 2.71 bits per heavy atom. The van der Waals surface area contributed by atoms with E-state index in [1.807, 2.05) is 0 Å². The molecule has 2 rings (SSSR count). The fourth-order valence-electron chi connectivity index (χ4n) is 1.75. The van der Waals surface area contributed by atoms with E-state index in [1.165, 1.54) is 39.0 Å². The molecule has 0 saturated heterocycles. The number of sulfonamides is 1. The Balaban J connectivity index is 2.11. The fraction of sp³-hybridized carbons (Fsp3) is 0.308. The normalized spacial score (nSPS) is 11.3. The zero-order chi connectivity index (χ0) is 15.3. The molecule has 21 heavy (non-hydrogen) atoms. The smallest absolute Gasteiger partial charge is 0.244 e. The van der Waals surface area contributed by atoms with Crippen LogP contribution in [0.2, 0.25) is 0 Å². The predicted octanol–water partition coefficient (Wildman–Crippen LogP) is 1.21. The standard InChI is InChI=1S/C13H16N2O5S/c1-18-11-3-4-13(12(7-11)19-2)21(16,17)15-6-5-10-8-20-9-14-10/h3-4,7-9,15H,5-6H2,1-2H3. The first-order valence-corrected chi connectivity index (χ1v) is 7.64. The maximum atomic E-state index is 12.3. The van der Waals surface area contributed by atoms with Crippen LogP contribution in [0.3, 0.4) is 0 Å². The summed E-state index contributed by atoms with van der Waals surface area (Å²) in [5.74, 6) is 0.747. The molecule has 0 atom stereocenters. The van der Waals surface area contributed by atoms with E-state index in [-0.39, 0.29) is 17.2 Å². The van der Waals surface area contributed by atoms with Gasteiger partial charge in [-0.3, -0.25) is 0 Å². The van der Waals surface area contributed by atoms with Crippen molar-refractivity contribution >= 4 is 10.0 Å². The number of hydrogen-bond donors (Lipinski definition) is 1. The number of hydrogen-bond acceptors (Lipinski definition) is 6. The molecule has 114 valence electrons. The van der Waals surface area contributed by atoms with Crippen LogP contribution in [-0.2, 0) is 16.4 Å². The lowest BCUT2D eigenvalue weighted by Gasteiger charge is -2.11. The molecule has 8 heteroatoms. The third-order valence-electron chi connectivity index (χ3n) is 2.82. The van der Waals surface area contributed by atoms with Crippen molar-refractivity contribution in [1.29, 1.82) is 0 Å². The fourth-order valence-corrected chi connectivity index (χ4v) is 2.93. The maximum absolute atomic E-state index is 12.3. The molecule has 2 aromatic rings. The number of nitrogens with zero attached hydrogens (tertiary/aromatic N) is 1. The second-order valence-electron chi connectivity index (χ2n) is 4.14. The number of ether oxygens (including phenoxy) is 2. The number of nitrogens with one attached hydrogen (secondary N) is 1. The topological polar surface area (TPSA) is 90.7 Å². The quantitative estimate of drug-likeness (QED) is 0.826. The first-order chi connectivity index (χ1) is 10.1. The molecule has 0 aliphatic heterocycles. The number of methoxy groups -OCH3 is 2. The molecule has 7 nitrogen and oxygen atoms in total. The molecule has 0 fully saturated rings. The Morgan fingerprint density at radius 1 is 1.29 bits per heavy atom. The molecule has 0 aliphatic rings. The first-order valence-electron chi connectivity index (χ1n) is 6.15. The van der Waals surface area contributed by atoms with Crippen LogP contribution in [0.1, 0.15) is 5.69 Å². The van der Waals surface area contributed by atoms with E-state index in [4.69, 9.17) is 13.9 Å². The van der Waals surface area contributed by atoms with Gasteiger partial charge in [0.05, 0.1) is 19.9 Å². The number of rotatable bonds is 7. The molecule has 1 N–H and O–H groups in total. The van der Waals surface area contributed by atoms with Crippen LogP contribution in [-0.4, -0.2) is 34.2 Å². The molecule has 1 aromatic carbocycles. The van der Waals surface area contributed by atoms with Gasteiger partial charge < -0.3 is 13.9 Å². The van der Waals surface area contributed by atoms with Crippen molar-refractivity contribution < 1.29 is 22.3 Å². The summed E-state index contributed by atoms with van der Waals surface area (Å²) < 4.78 is 42.0. The van der Waals surface area contributed by atoms with Gasteiger partial charge in [0.2, 0.25) is 10.0 Å². The van der Waals surface area contributed by atoms with Crippen LogP contribution in [0.15, 0.2) is 40.2 Å². The third-order valence-corrected chi connectivity index (χ3v) is 4.32. The van der Waals surface area contributed by atoms with Crippen molar-refractivity contribution in [3.63, 3.8) is 0 Å². The summed E-state index contributed by atoms with van der Waals surface area (Å²) in [5.41, 5.74) is 0.680. The van der Waals surface area contributed by atoms with Gasteiger partial charge in [0.15, 0.2) is 6.39 Å². The van der Waals surface area contributed by atoms with E-state index in [0.717, 1.165) is 0 Å². The average molecular weight is 312 g/mol. The SMILES string of the molecule is COc1ccc(S(=O)(=O)NCCc2cocn2)c(OC)c1. The van der Waals surface area contributed by atoms with Crippen LogP contribution >= 0.6 is 0 Å². The molecule has 0 bridgehead atoms. The number of benzene rings is 1. The zero-order valence-corrected chi connectivity index (χ0v) is 12.5. The molecule has 1 aromatic heterocycles. The summed E-state index contributed by atoms with van der Waals surface area (Å²) in [5, 5.41) is 0. The van der Waals surface area contributed by atoms with E-state index < -0.39 is 10.0 Å². The Morgan fingerprint density at radius 2 is 2.10 bits per heavy atom. The Bertz CT molecular complexity index is 683. The highest BCUT2D eigenvalue weighted by Gasteiger charge is 2.19. The minimum absolute atomic E-state index is 0.0611. The first kappa shape index (κ1) is 15.3. The minimum Gasteiger partial charge on any atom is -0.497 e. The largest absolute Gasteiger partial charge is 0.497 e. The predicted molar refractivity (Wildman–Crippen MR) is 74.9 cm³/mol. The number of oxazole rings is 1. The highest BCUT2D eigenvalue weighted by atomic mass is 32.2. The third kappa shape index (κ3) is 3.73. The molecule has 0 unspecified atom stereocenters. The van der Waals surface area contributed by atoms with Crippen molar-refractivity contribution in [2.24, 2.45) is 0 Å². The van der Waals surface area contributed by atoms with Gasteiger partial charge in [-0.2, -0.15) is 0 Å². The highest BCUT2D eigenvalue weighted by Crippen LogP contribution is 2.28. The molecule has 0 saturated carbocycles. The van der Waals surface area contributed by atoms with Crippen molar-refractivity contribution in [2.45, 2.75) is 11.3 Å². The zero-order valence-electron chi connectivity index (χ0n) is 11.7. The molecule has 1 heterocycles. The van der Waals surface area contributed by atoms with Crippen LogP contribution in [0.4, 0.5) is 0 Å². The monoisotopic (exact) mass is 312 g/mol. The summed E-state index contributed by atoms with van der Waals surface area (Å²) in [6.07, 6.45) is 3.22. The highest BCUT2D eigenvalue weighted by molar-refractivity contribution is 7.89. The van der Waals surface area contributed by atoms with Crippen LogP contribution in [0, 0.1) is 0 Å². The van der Waals surface area contributed by atoms with Gasteiger partial charge in [-0.25, -0.2) is 18.1 Å². The van der Waals surface area contributed by atoms with Crippen molar-refractivity contribution in [2.75, 3.05) is 20.8 Å². The van der Waals surface area contributed by atoms with Gasteiger partial charge >= 0.3 is 0 Å². The molecule has 0 amide bonds. The van der Waals surface area contributed by atoms with Crippen LogP contribution < -0.4 is 14.2 Å². The Kier molecular flexibility index (Phi) is 4.81. The summed E-state index contributed by atoms with van der Waals surface area (Å²) in [4.78, 5) is 3.98. The lowest BCUT2D eigenvalue weighted by atomic mass is 10.3. The molecular weight excluding hydrogens is 296 g/mol. The summed E-state index contributed by atoms with van der Waals surface area (Å²) in [6, 6.07) is 4.52. The van der Waals surface area contributed by atoms with E-state index in [9.17, 15) is 8.42 Å². The molecule has 0 spiro atoms. The maximum Gasteiger partial charge on any atom is 0.244 e. The second kappa shape index (κ2) is 6.59. The summed E-state index contributed by atoms with van der Waals surface area (Å²) in [6.45, 7) is 0.212. The van der Waals surface area contributed by atoms with E-state index >= 15 is 0 Å². The summed E-state index contributed by atoms with van der Waals surface area (Å²) in [7, 11) is -0.765. The molecule has 0 aliphatic carbocycles. The van der Waals surface area contributed by atoms with Crippen LogP contribution in [0.5, 0.6) is 11.5 Å². The van der Waals surface area contributed by atoms with Gasteiger partial charge in [-0.15, -0.1) is 0 Å². The molecule has 0 radical (unpaired) electrons. The van der Waals surface area contributed by atoms with Gasteiger partial charge in [0.25, 0.3) is 0 Å². The van der Waals surface area contributed by atoms with Gasteiger partial charge in [-0.05, 0) is 12.1 Å². The van der Waals surface area contributed by atoms with E-state index in [1.54, 1.807) is 6.07 Å². The lowest BCUT2D eigenvalue weighted by molar-refractivity contribution is 0.386. The Hall–Kier alpha value is -2.06. The summed E-state index contributed by atoms with van der Waals surface area (Å²) >= 11 is 0. The van der Waals surface area contributed by atoms with E-state index in [0.29, 0.717) is 17.9 Å². The van der Waals surface area contributed by atoms with Gasteiger partial charge in [0, 0.05) is 19.0 Å². The second-order valence-corrected chi connectivity index (χ2v) is 5.88. The lowest BCUT2D eigenvalue weighted by Crippen LogP contribution is -2.26. The molecular formula is C13H16N2O5S. The van der Waals surface area contributed by atoms with Crippen molar-refractivity contribution in [3.05, 3.63) is 36.5 Å². The van der Waals surface area contributed by atoms with Crippen LogP contribution in [0.25, 0.3) is 0 Å². The van der Waals surface area contributed by atoms with Gasteiger partial charge in [-0.1, -0.05) is 0 Å². The van der Waals surface area contributed by atoms with Crippen molar-refractivity contribution in [3.8, 4) is 11.5 Å². The van der Waals surface area contributed by atoms with Crippen molar-refractivity contribution in [1.82, 2.24) is 9.71 Å².